The third-order valence-electron chi connectivity index (χ3n) is 11.2. The SMILES string of the molecule is CC/C=C\C/C=C\C/C=C\C/C=C\C/C=C\C/C=C\C/C=C\CCCCCCCCCC(=O)OCC(COC(=O)CCCCCCCCCCC)OC(=O)CC/C=C\C/C=C\C/C=C\C/C=C\CC. The Morgan fingerprint density at radius 2 is 0.594 bits per heavy atom. The summed E-state index contributed by atoms with van der Waals surface area (Å²) in [6.45, 7) is 6.30. The molecule has 0 radical (unpaired) electrons. The Labute approximate surface area is 424 Å². The summed E-state index contributed by atoms with van der Waals surface area (Å²) >= 11 is 0. The molecule has 0 aliphatic carbocycles. The molecule has 0 spiro atoms. The lowest BCUT2D eigenvalue weighted by atomic mass is 10.1. The Hall–Kier alpha value is -4.45. The minimum absolute atomic E-state index is 0.113. The van der Waals surface area contributed by atoms with Crippen LogP contribution in [0.15, 0.2) is 134 Å². The fourth-order valence-electron chi connectivity index (χ4n) is 7.08. The van der Waals surface area contributed by atoms with Gasteiger partial charge in [-0.05, 0) is 103 Å². The van der Waals surface area contributed by atoms with Gasteiger partial charge in [0.1, 0.15) is 13.2 Å². The molecule has 0 aliphatic heterocycles. The third-order valence-corrected chi connectivity index (χ3v) is 11.2. The van der Waals surface area contributed by atoms with Gasteiger partial charge in [-0.3, -0.25) is 14.4 Å². The van der Waals surface area contributed by atoms with Crippen molar-refractivity contribution in [3.8, 4) is 0 Å². The zero-order chi connectivity index (χ0) is 50.0. The highest BCUT2D eigenvalue weighted by molar-refractivity contribution is 5.71. The van der Waals surface area contributed by atoms with Crippen LogP contribution in [0.3, 0.4) is 0 Å². The van der Waals surface area contributed by atoms with Gasteiger partial charge in [-0.1, -0.05) is 238 Å². The molecule has 0 saturated heterocycles. The highest BCUT2D eigenvalue weighted by Crippen LogP contribution is 2.13. The average molecular weight is 953 g/mol. The van der Waals surface area contributed by atoms with E-state index in [1.165, 1.54) is 64.2 Å². The maximum absolute atomic E-state index is 12.7. The van der Waals surface area contributed by atoms with Crippen LogP contribution in [0.1, 0.15) is 226 Å². The van der Waals surface area contributed by atoms with Gasteiger partial charge in [0.05, 0.1) is 0 Å². The van der Waals surface area contributed by atoms with Crippen LogP contribution in [0.2, 0.25) is 0 Å². The van der Waals surface area contributed by atoms with Crippen molar-refractivity contribution in [3.05, 3.63) is 134 Å². The van der Waals surface area contributed by atoms with Crippen LogP contribution >= 0.6 is 0 Å². The molecule has 1 unspecified atom stereocenters. The molecule has 0 heterocycles. The largest absolute Gasteiger partial charge is 0.462 e. The van der Waals surface area contributed by atoms with Crippen LogP contribution in [0.25, 0.3) is 0 Å². The van der Waals surface area contributed by atoms with Crippen molar-refractivity contribution < 1.29 is 28.6 Å². The van der Waals surface area contributed by atoms with E-state index < -0.39 is 12.1 Å². The van der Waals surface area contributed by atoms with E-state index in [1.807, 2.05) is 12.2 Å². The van der Waals surface area contributed by atoms with Crippen LogP contribution in [0, 0.1) is 0 Å². The van der Waals surface area contributed by atoms with Gasteiger partial charge in [0.25, 0.3) is 0 Å². The molecular weight excluding hydrogens is 853 g/mol. The Bertz CT molecular complexity index is 1510. The summed E-state index contributed by atoms with van der Waals surface area (Å²) in [5.74, 6) is -1.02. The molecule has 0 aliphatic rings. The maximum Gasteiger partial charge on any atom is 0.306 e. The van der Waals surface area contributed by atoms with Crippen molar-refractivity contribution in [2.45, 2.75) is 232 Å². The van der Waals surface area contributed by atoms with Gasteiger partial charge < -0.3 is 14.2 Å². The monoisotopic (exact) mass is 953 g/mol. The summed E-state index contributed by atoms with van der Waals surface area (Å²) in [5.41, 5.74) is 0. The van der Waals surface area contributed by atoms with Gasteiger partial charge in [0, 0.05) is 19.3 Å². The lowest BCUT2D eigenvalue weighted by Crippen LogP contribution is -2.30. The maximum atomic E-state index is 12.7. The number of carbonyl (C=O) groups is 3. The second kappa shape index (κ2) is 56.1. The number of esters is 3. The third kappa shape index (κ3) is 54.4. The molecule has 0 aromatic heterocycles. The summed E-state index contributed by atoms with van der Waals surface area (Å²) in [6, 6.07) is 0. The molecule has 0 N–H and O–H groups in total. The first kappa shape index (κ1) is 64.5. The van der Waals surface area contributed by atoms with Crippen LogP contribution in [0.4, 0.5) is 0 Å². The van der Waals surface area contributed by atoms with Gasteiger partial charge in [-0.15, -0.1) is 0 Å². The summed E-state index contributed by atoms with van der Waals surface area (Å²) in [7, 11) is 0. The molecule has 388 valence electrons. The Kier molecular flexibility index (Phi) is 52.5. The molecule has 1 atom stereocenters. The quantitative estimate of drug-likeness (QED) is 0.0262. The molecule has 0 bridgehead atoms. The topological polar surface area (TPSA) is 78.9 Å². The fraction of sp³-hybridized carbons (Fsp3) is 0.603. The number of allylic oxidation sites excluding steroid dienone is 22. The van der Waals surface area contributed by atoms with E-state index in [0.29, 0.717) is 19.3 Å². The Balaban J connectivity index is 4.30. The summed E-state index contributed by atoms with van der Waals surface area (Å²) < 4.78 is 16.7. The second-order valence-electron chi connectivity index (χ2n) is 17.7. The highest BCUT2D eigenvalue weighted by atomic mass is 16.6. The minimum atomic E-state index is -0.822. The van der Waals surface area contributed by atoms with E-state index in [9.17, 15) is 14.4 Å². The van der Waals surface area contributed by atoms with E-state index >= 15 is 0 Å². The molecule has 0 aromatic rings. The molecule has 0 rings (SSSR count). The summed E-state index contributed by atoms with van der Waals surface area (Å²) in [4.78, 5) is 37.9. The van der Waals surface area contributed by atoms with E-state index in [4.69, 9.17) is 14.2 Å². The van der Waals surface area contributed by atoms with Crippen molar-refractivity contribution in [1.29, 1.82) is 0 Å². The number of carbonyl (C=O) groups excluding carboxylic acids is 3. The molecule has 0 amide bonds. The van der Waals surface area contributed by atoms with Crippen molar-refractivity contribution in [1.82, 2.24) is 0 Å². The zero-order valence-corrected chi connectivity index (χ0v) is 44.3. The lowest BCUT2D eigenvalue weighted by Gasteiger charge is -2.18. The van der Waals surface area contributed by atoms with Gasteiger partial charge in [-0.2, -0.15) is 0 Å². The highest BCUT2D eigenvalue weighted by Gasteiger charge is 2.19. The summed E-state index contributed by atoms with van der Waals surface area (Å²) in [5, 5.41) is 0. The van der Waals surface area contributed by atoms with E-state index in [0.717, 1.165) is 116 Å². The van der Waals surface area contributed by atoms with Crippen LogP contribution in [-0.4, -0.2) is 37.2 Å². The average Bonchev–Trinajstić information content (AvgIpc) is 3.35. The van der Waals surface area contributed by atoms with Crippen LogP contribution in [-0.2, 0) is 28.6 Å². The number of hydrogen-bond donors (Lipinski definition) is 0. The van der Waals surface area contributed by atoms with Crippen molar-refractivity contribution in [2.75, 3.05) is 13.2 Å². The Morgan fingerprint density at radius 3 is 0.942 bits per heavy atom. The normalized spacial score (nSPS) is 13.1. The van der Waals surface area contributed by atoms with E-state index in [2.05, 4.69) is 142 Å². The second-order valence-corrected chi connectivity index (χ2v) is 17.7. The zero-order valence-electron chi connectivity index (χ0n) is 44.3. The number of unbranched alkanes of at least 4 members (excludes halogenated alkanes) is 15. The standard InChI is InChI=1S/C63H100O6/c1-4-7-10-13-16-19-21-23-24-25-26-27-28-29-30-31-32-33-34-35-36-37-38-40-41-44-47-50-53-56-62(65)68-59-60(58-67-61(64)55-52-49-46-43-18-15-12-9-6-3)69-63(66)57-54-51-48-45-42-39-22-20-17-14-11-8-5-2/h7-8,10-11,16-17,19-20,23-24,26-27,29-30,32-33,35-36,39,42,48,51,60H,4-6,9,12-15,18,21-22,25,28,31,34,37-38,40-41,43-47,49-50,52-59H2,1-3H3/b10-7-,11-8-,19-16-,20-17-,24-23-,27-26-,30-29-,33-32-,36-35-,42-39-,51-48-. The smallest absolute Gasteiger partial charge is 0.306 e. The fourth-order valence-corrected chi connectivity index (χ4v) is 7.08. The first-order chi connectivity index (χ1) is 34.0. The van der Waals surface area contributed by atoms with Crippen molar-refractivity contribution in [3.63, 3.8) is 0 Å². The first-order valence-corrected chi connectivity index (χ1v) is 27.7. The predicted octanol–water partition coefficient (Wildman–Crippen LogP) is 18.6. The van der Waals surface area contributed by atoms with Gasteiger partial charge in [0.2, 0.25) is 0 Å². The molecule has 0 fully saturated rings. The van der Waals surface area contributed by atoms with E-state index in [1.54, 1.807) is 0 Å². The number of hydrogen-bond acceptors (Lipinski definition) is 6. The number of ether oxygens (including phenoxy) is 3. The molecule has 69 heavy (non-hydrogen) atoms. The van der Waals surface area contributed by atoms with Crippen LogP contribution < -0.4 is 0 Å². The molecule has 6 heteroatoms. The molecule has 6 nitrogen and oxygen atoms in total. The van der Waals surface area contributed by atoms with Crippen LogP contribution in [0.5, 0.6) is 0 Å². The first-order valence-electron chi connectivity index (χ1n) is 27.7. The molecule has 0 saturated carbocycles. The summed E-state index contributed by atoms with van der Waals surface area (Å²) in [6.07, 6.45) is 79.0. The predicted molar refractivity (Wildman–Crippen MR) is 297 cm³/mol. The van der Waals surface area contributed by atoms with E-state index in [-0.39, 0.29) is 31.6 Å². The molecule has 0 aromatic carbocycles. The van der Waals surface area contributed by atoms with Crippen molar-refractivity contribution in [2.24, 2.45) is 0 Å². The number of rotatable bonds is 48. The van der Waals surface area contributed by atoms with Gasteiger partial charge in [0.15, 0.2) is 6.10 Å². The van der Waals surface area contributed by atoms with Crippen molar-refractivity contribution >= 4 is 17.9 Å². The molecular formula is C63H100O6. The lowest BCUT2D eigenvalue weighted by molar-refractivity contribution is -0.166. The minimum Gasteiger partial charge on any atom is -0.462 e. The Morgan fingerprint density at radius 1 is 0.304 bits per heavy atom. The van der Waals surface area contributed by atoms with Gasteiger partial charge >= 0.3 is 17.9 Å². The van der Waals surface area contributed by atoms with Gasteiger partial charge in [-0.25, -0.2) is 0 Å².